The zero-order valence-electron chi connectivity index (χ0n) is 11.6. The van der Waals surface area contributed by atoms with Crippen LogP contribution in [0.5, 0.6) is 0 Å². The molecule has 1 amide bonds. The van der Waals surface area contributed by atoms with E-state index in [1.807, 2.05) is 6.92 Å². The van der Waals surface area contributed by atoms with Gasteiger partial charge in [-0.25, -0.2) is 8.42 Å². The molecule has 110 valence electrons. The Bertz CT molecular complexity index is 410. The standard InChI is InChI=1S/C13H24N2O3S/c1-2-3-4-5-19(17,18)10-13(16)15-8-11-6-14-7-12(11)9-15/h11-12,14H,2-10H2,1H3/t11-,12+. The molecule has 5 nitrogen and oxygen atoms in total. The number of carbonyl (C=O) groups excluding carboxylic acids is 1. The smallest absolute Gasteiger partial charge is 0.237 e. The summed E-state index contributed by atoms with van der Waals surface area (Å²) in [4.78, 5) is 13.8. The van der Waals surface area contributed by atoms with Gasteiger partial charge in [0, 0.05) is 26.2 Å². The molecule has 0 bridgehead atoms. The van der Waals surface area contributed by atoms with Gasteiger partial charge in [0.1, 0.15) is 5.75 Å². The molecule has 2 fully saturated rings. The topological polar surface area (TPSA) is 66.5 Å². The van der Waals surface area contributed by atoms with Crippen LogP contribution in [-0.4, -0.2) is 56.9 Å². The van der Waals surface area contributed by atoms with Gasteiger partial charge in [0.2, 0.25) is 5.91 Å². The van der Waals surface area contributed by atoms with Crippen molar-refractivity contribution in [2.24, 2.45) is 11.8 Å². The van der Waals surface area contributed by atoms with Gasteiger partial charge in [0.25, 0.3) is 0 Å². The van der Waals surface area contributed by atoms with Crippen LogP contribution in [0.1, 0.15) is 26.2 Å². The molecular formula is C13H24N2O3S. The Balaban J connectivity index is 1.81. The number of hydrogen-bond donors (Lipinski definition) is 1. The molecule has 0 unspecified atom stereocenters. The van der Waals surface area contributed by atoms with Gasteiger partial charge in [0.15, 0.2) is 9.84 Å². The predicted molar refractivity (Wildman–Crippen MR) is 74.6 cm³/mol. The number of fused-ring (bicyclic) bond motifs is 1. The van der Waals surface area contributed by atoms with E-state index in [2.05, 4.69) is 5.32 Å². The lowest BCUT2D eigenvalue weighted by Gasteiger charge is -2.17. The minimum Gasteiger partial charge on any atom is -0.341 e. The number of carbonyl (C=O) groups is 1. The molecule has 0 aromatic heterocycles. The normalized spacial score (nSPS) is 26.7. The van der Waals surface area contributed by atoms with E-state index in [1.54, 1.807) is 4.90 Å². The Morgan fingerprint density at radius 1 is 1.21 bits per heavy atom. The van der Waals surface area contributed by atoms with Crippen molar-refractivity contribution in [2.75, 3.05) is 37.7 Å². The summed E-state index contributed by atoms with van der Waals surface area (Å²) in [5, 5.41) is 3.31. The molecule has 0 aliphatic carbocycles. The van der Waals surface area contributed by atoms with Crippen LogP contribution in [0.25, 0.3) is 0 Å². The summed E-state index contributed by atoms with van der Waals surface area (Å²) in [5.74, 6) is 0.683. The number of nitrogens with one attached hydrogen (secondary N) is 1. The fourth-order valence-electron chi connectivity index (χ4n) is 2.98. The lowest BCUT2D eigenvalue weighted by atomic mass is 10.0. The van der Waals surface area contributed by atoms with E-state index in [9.17, 15) is 13.2 Å². The Morgan fingerprint density at radius 2 is 1.84 bits per heavy atom. The predicted octanol–water partition coefficient (Wildman–Crippen LogP) is 0.269. The number of unbranched alkanes of at least 4 members (excludes halogenated alkanes) is 2. The molecule has 0 radical (unpaired) electrons. The van der Waals surface area contributed by atoms with Crippen LogP contribution in [0.2, 0.25) is 0 Å². The second-order valence-corrected chi connectivity index (χ2v) is 7.96. The number of amides is 1. The molecule has 2 aliphatic heterocycles. The highest BCUT2D eigenvalue weighted by molar-refractivity contribution is 7.92. The van der Waals surface area contributed by atoms with Gasteiger partial charge in [-0.1, -0.05) is 19.8 Å². The van der Waals surface area contributed by atoms with E-state index >= 15 is 0 Å². The first-order chi connectivity index (χ1) is 9.02. The third-order valence-electron chi connectivity index (χ3n) is 4.14. The molecule has 2 atom stereocenters. The maximum atomic E-state index is 12.1. The second-order valence-electron chi connectivity index (χ2n) is 5.78. The van der Waals surface area contributed by atoms with E-state index in [1.165, 1.54) is 0 Å². The molecule has 0 saturated carbocycles. The van der Waals surface area contributed by atoms with E-state index in [4.69, 9.17) is 0 Å². The van der Waals surface area contributed by atoms with Gasteiger partial charge in [0.05, 0.1) is 5.75 Å². The number of rotatable bonds is 6. The first kappa shape index (κ1) is 14.8. The van der Waals surface area contributed by atoms with Crippen molar-refractivity contribution in [3.63, 3.8) is 0 Å². The van der Waals surface area contributed by atoms with Crippen molar-refractivity contribution in [1.29, 1.82) is 0 Å². The summed E-state index contributed by atoms with van der Waals surface area (Å²) in [6.45, 7) is 5.39. The molecule has 1 N–H and O–H groups in total. The van der Waals surface area contributed by atoms with Gasteiger partial charge in [-0.15, -0.1) is 0 Å². The van der Waals surface area contributed by atoms with Crippen LogP contribution < -0.4 is 5.32 Å². The average Bonchev–Trinajstić information content (AvgIpc) is 2.88. The fraction of sp³-hybridized carbons (Fsp3) is 0.923. The molecule has 2 rings (SSSR count). The first-order valence-electron chi connectivity index (χ1n) is 7.20. The maximum Gasteiger partial charge on any atom is 0.237 e. The van der Waals surface area contributed by atoms with Crippen LogP contribution in [0.15, 0.2) is 0 Å². The van der Waals surface area contributed by atoms with Gasteiger partial charge in [-0.05, 0) is 18.3 Å². The third-order valence-corrected chi connectivity index (χ3v) is 5.74. The van der Waals surface area contributed by atoms with Crippen molar-refractivity contribution in [1.82, 2.24) is 10.2 Å². The van der Waals surface area contributed by atoms with Crippen molar-refractivity contribution in [3.05, 3.63) is 0 Å². The second kappa shape index (κ2) is 6.22. The summed E-state index contributed by atoms with van der Waals surface area (Å²) in [7, 11) is -3.22. The fourth-order valence-corrected chi connectivity index (χ4v) is 4.33. The van der Waals surface area contributed by atoms with Crippen molar-refractivity contribution in [3.8, 4) is 0 Å². The Hall–Kier alpha value is -0.620. The number of hydrogen-bond acceptors (Lipinski definition) is 4. The van der Waals surface area contributed by atoms with Gasteiger partial charge >= 0.3 is 0 Å². The largest absolute Gasteiger partial charge is 0.341 e. The monoisotopic (exact) mass is 288 g/mol. The molecular weight excluding hydrogens is 264 g/mol. The molecule has 2 saturated heterocycles. The first-order valence-corrected chi connectivity index (χ1v) is 9.03. The summed E-state index contributed by atoms with van der Waals surface area (Å²) in [6, 6.07) is 0. The van der Waals surface area contributed by atoms with Crippen LogP contribution in [0.3, 0.4) is 0 Å². The summed E-state index contributed by atoms with van der Waals surface area (Å²) in [6.07, 6.45) is 2.57. The quantitative estimate of drug-likeness (QED) is 0.713. The van der Waals surface area contributed by atoms with E-state index in [0.717, 1.165) is 39.0 Å². The zero-order valence-corrected chi connectivity index (χ0v) is 12.4. The molecule has 2 heterocycles. The van der Waals surface area contributed by atoms with Crippen LogP contribution in [0, 0.1) is 11.8 Å². The van der Waals surface area contributed by atoms with Gasteiger partial charge in [-0.3, -0.25) is 4.79 Å². The van der Waals surface area contributed by atoms with E-state index in [-0.39, 0.29) is 17.4 Å². The van der Waals surface area contributed by atoms with Crippen LogP contribution in [0.4, 0.5) is 0 Å². The molecule has 2 aliphatic rings. The lowest BCUT2D eigenvalue weighted by Crippen LogP contribution is -2.36. The van der Waals surface area contributed by atoms with Crippen LogP contribution in [-0.2, 0) is 14.6 Å². The Kier molecular flexibility index (Phi) is 4.84. The number of sulfone groups is 1. The molecule has 6 heteroatoms. The van der Waals surface area contributed by atoms with E-state index in [0.29, 0.717) is 18.3 Å². The van der Waals surface area contributed by atoms with Gasteiger partial charge < -0.3 is 10.2 Å². The van der Waals surface area contributed by atoms with Crippen molar-refractivity contribution >= 4 is 15.7 Å². The van der Waals surface area contributed by atoms with Crippen molar-refractivity contribution in [2.45, 2.75) is 26.2 Å². The van der Waals surface area contributed by atoms with Gasteiger partial charge in [-0.2, -0.15) is 0 Å². The molecule has 19 heavy (non-hydrogen) atoms. The Labute approximate surface area is 115 Å². The minimum atomic E-state index is -3.22. The Morgan fingerprint density at radius 3 is 2.42 bits per heavy atom. The molecule has 0 aromatic rings. The highest BCUT2D eigenvalue weighted by atomic mass is 32.2. The lowest BCUT2D eigenvalue weighted by molar-refractivity contribution is -0.127. The highest BCUT2D eigenvalue weighted by Crippen LogP contribution is 2.26. The van der Waals surface area contributed by atoms with Crippen LogP contribution >= 0.6 is 0 Å². The summed E-state index contributed by atoms with van der Waals surface area (Å²) < 4.78 is 23.7. The molecule has 0 aromatic carbocycles. The average molecular weight is 288 g/mol. The highest BCUT2D eigenvalue weighted by Gasteiger charge is 2.38. The molecule has 0 spiro atoms. The van der Waals surface area contributed by atoms with Crippen molar-refractivity contribution < 1.29 is 13.2 Å². The third kappa shape index (κ3) is 3.92. The number of nitrogens with zero attached hydrogens (tertiary/aromatic N) is 1. The SMILES string of the molecule is CCCCCS(=O)(=O)CC(=O)N1C[C@H]2CNC[C@H]2C1. The summed E-state index contributed by atoms with van der Waals surface area (Å²) in [5.41, 5.74) is 0. The maximum absolute atomic E-state index is 12.1. The number of likely N-dealkylation sites (tertiary alicyclic amines) is 1. The minimum absolute atomic E-state index is 0.148. The van der Waals surface area contributed by atoms with E-state index < -0.39 is 9.84 Å². The zero-order chi connectivity index (χ0) is 13.9. The summed E-state index contributed by atoms with van der Waals surface area (Å²) >= 11 is 0.